The molecule has 1 amide bonds. The zero-order valence-electron chi connectivity index (χ0n) is 18.8. The molecule has 1 saturated heterocycles. The summed E-state index contributed by atoms with van der Waals surface area (Å²) < 4.78 is 38.5. The molecule has 2 aliphatic carbocycles. The number of hydrogen-bond donors (Lipinski definition) is 1. The lowest BCUT2D eigenvalue weighted by Gasteiger charge is -2.35. The van der Waals surface area contributed by atoms with Crippen molar-refractivity contribution in [1.29, 1.82) is 0 Å². The van der Waals surface area contributed by atoms with E-state index in [4.69, 9.17) is 0 Å². The van der Waals surface area contributed by atoms with Crippen LogP contribution in [0, 0.1) is 17.8 Å². The van der Waals surface area contributed by atoms with Crippen molar-refractivity contribution in [3.8, 4) is 0 Å². The molecule has 2 saturated carbocycles. The number of hydrogen-bond acceptors (Lipinski definition) is 5. The minimum absolute atomic E-state index is 0.0377. The lowest BCUT2D eigenvalue weighted by molar-refractivity contribution is -0.137. The second-order valence-electron chi connectivity index (χ2n) is 9.81. The van der Waals surface area contributed by atoms with E-state index in [1.807, 2.05) is 11.6 Å². The molecule has 182 valence electrons. The highest BCUT2D eigenvalue weighted by molar-refractivity contribution is 7.09. The van der Waals surface area contributed by atoms with Gasteiger partial charge >= 0.3 is 6.18 Å². The highest BCUT2D eigenvalue weighted by atomic mass is 32.1. The molecule has 3 atom stereocenters. The maximum Gasteiger partial charge on any atom is 0.416 e. The first-order chi connectivity index (χ1) is 16.3. The summed E-state index contributed by atoms with van der Waals surface area (Å²) >= 11 is 1.74. The first-order valence-electron chi connectivity index (χ1n) is 11.9. The number of rotatable bonds is 7. The molecule has 34 heavy (non-hydrogen) atoms. The molecule has 9 heteroatoms. The molecule has 0 bridgehead atoms. The maximum absolute atomic E-state index is 12.8. The lowest BCUT2D eigenvalue weighted by atomic mass is 9.85. The van der Waals surface area contributed by atoms with Crippen molar-refractivity contribution in [2.24, 2.45) is 17.8 Å². The number of carbonyl (C=O) groups excluding carboxylic acids is 2. The molecule has 1 aliphatic heterocycles. The van der Waals surface area contributed by atoms with Gasteiger partial charge in [0.05, 0.1) is 17.1 Å². The van der Waals surface area contributed by atoms with Crippen molar-refractivity contribution < 1.29 is 22.8 Å². The number of alkyl halides is 3. The van der Waals surface area contributed by atoms with E-state index in [9.17, 15) is 22.8 Å². The van der Waals surface area contributed by atoms with Gasteiger partial charge in [-0.2, -0.15) is 13.2 Å². The summed E-state index contributed by atoms with van der Waals surface area (Å²) in [4.78, 5) is 31.8. The van der Waals surface area contributed by atoms with Gasteiger partial charge in [0.1, 0.15) is 0 Å². The number of aromatic nitrogens is 1. The van der Waals surface area contributed by atoms with Gasteiger partial charge < -0.3 is 5.32 Å². The summed E-state index contributed by atoms with van der Waals surface area (Å²) in [5.41, 5.74) is -0.466. The molecule has 1 unspecified atom stereocenters. The van der Waals surface area contributed by atoms with Crippen molar-refractivity contribution in [3.63, 3.8) is 0 Å². The number of ketones is 1. The van der Waals surface area contributed by atoms with E-state index >= 15 is 0 Å². The van der Waals surface area contributed by atoms with Gasteiger partial charge in [-0.25, -0.2) is 4.98 Å². The van der Waals surface area contributed by atoms with Crippen LogP contribution in [0.25, 0.3) is 0 Å². The van der Waals surface area contributed by atoms with Gasteiger partial charge in [-0.15, -0.1) is 11.3 Å². The molecule has 5 nitrogen and oxygen atoms in total. The third kappa shape index (κ3) is 5.05. The van der Waals surface area contributed by atoms with Crippen molar-refractivity contribution in [1.82, 2.24) is 15.2 Å². The Labute approximate surface area is 200 Å². The summed E-state index contributed by atoms with van der Waals surface area (Å²) in [5, 5.41) is 6.01. The minimum Gasteiger partial charge on any atom is -0.349 e. The summed E-state index contributed by atoms with van der Waals surface area (Å²) in [6.45, 7) is 1.73. The third-order valence-electron chi connectivity index (χ3n) is 7.65. The van der Waals surface area contributed by atoms with E-state index in [2.05, 4.69) is 15.2 Å². The number of Topliss-reactive ketones (excluding diaryl/α,β-unsaturated/α-hetero) is 1. The number of nitrogens with zero attached hydrogens (tertiary/aromatic N) is 2. The Balaban J connectivity index is 1.03. The number of nitrogens with one attached hydrogen (secondary N) is 1. The molecule has 2 heterocycles. The summed E-state index contributed by atoms with van der Waals surface area (Å²) in [6, 6.07) is 5.36. The summed E-state index contributed by atoms with van der Waals surface area (Å²) in [6.07, 6.45) is 1.99. The fraction of sp³-hybridized carbons (Fsp3) is 0.560. The number of halogens is 3. The van der Waals surface area contributed by atoms with Crippen LogP contribution in [-0.4, -0.2) is 47.3 Å². The number of piperidine rings is 1. The SMILES string of the molecule is O=C(CNC(=O)C1[C@H]2CN(C3CCC(c4nccs4)CC3)C[C@@H]12)Cc1cccc(C(F)(F)F)c1. The smallest absolute Gasteiger partial charge is 0.349 e. The lowest BCUT2D eigenvalue weighted by Crippen LogP contribution is -2.40. The Hall–Kier alpha value is -2.26. The maximum atomic E-state index is 12.8. The third-order valence-corrected chi connectivity index (χ3v) is 8.59. The Kier molecular flexibility index (Phi) is 6.50. The van der Waals surface area contributed by atoms with Crippen molar-refractivity contribution in [2.75, 3.05) is 19.6 Å². The van der Waals surface area contributed by atoms with Crippen LogP contribution < -0.4 is 5.32 Å². The van der Waals surface area contributed by atoms with E-state index in [-0.39, 0.29) is 30.6 Å². The zero-order chi connectivity index (χ0) is 23.9. The van der Waals surface area contributed by atoms with Crippen molar-refractivity contribution >= 4 is 23.0 Å². The first-order valence-corrected chi connectivity index (χ1v) is 12.8. The number of likely N-dealkylation sites (tertiary alicyclic amines) is 1. The topological polar surface area (TPSA) is 62.3 Å². The molecule has 0 radical (unpaired) electrons. The molecular formula is C25H28F3N3O2S. The fourth-order valence-corrected chi connectivity index (χ4v) is 6.63. The monoisotopic (exact) mass is 491 g/mol. The van der Waals surface area contributed by atoms with Crippen LogP contribution in [0.2, 0.25) is 0 Å². The molecule has 3 aliphatic rings. The zero-order valence-corrected chi connectivity index (χ0v) is 19.6. The average molecular weight is 492 g/mol. The van der Waals surface area contributed by atoms with Crippen LogP contribution in [0.15, 0.2) is 35.8 Å². The standard InChI is InChI=1S/C25H28F3N3O2S/c26-25(27,28)17-3-1-2-15(10-17)11-19(32)12-30-23(33)22-20-13-31(14-21(20)22)18-6-4-16(5-7-18)24-29-8-9-34-24/h1-3,8-10,16,18,20-22H,4-7,11-14H2,(H,30,33)/t16?,18?,20-,21+,22?. The number of carbonyl (C=O) groups is 2. The van der Waals surface area contributed by atoms with Gasteiger partial charge in [-0.05, 0) is 49.1 Å². The molecule has 1 aromatic heterocycles. The second-order valence-corrected chi connectivity index (χ2v) is 10.7. The van der Waals surface area contributed by atoms with Gasteiger partial charge in [0.15, 0.2) is 5.78 Å². The minimum atomic E-state index is -4.44. The van der Waals surface area contributed by atoms with E-state index < -0.39 is 11.7 Å². The number of thiazole rings is 1. The van der Waals surface area contributed by atoms with E-state index in [1.54, 1.807) is 11.3 Å². The van der Waals surface area contributed by atoms with Gasteiger partial charge in [0.2, 0.25) is 5.91 Å². The number of fused-ring (bicyclic) bond motifs is 1. The first kappa shape index (κ1) is 23.5. The Bertz CT molecular complexity index is 1020. The summed E-state index contributed by atoms with van der Waals surface area (Å²) in [5.74, 6) is 0.867. The van der Waals surface area contributed by atoms with Gasteiger partial charge in [0.25, 0.3) is 0 Å². The largest absolute Gasteiger partial charge is 0.416 e. The molecule has 1 N–H and O–H groups in total. The molecular weight excluding hydrogens is 463 g/mol. The van der Waals surface area contributed by atoms with E-state index in [0.29, 0.717) is 29.4 Å². The number of benzene rings is 1. The Morgan fingerprint density at radius 3 is 2.50 bits per heavy atom. The van der Waals surface area contributed by atoms with Crippen LogP contribution in [0.1, 0.15) is 47.7 Å². The highest BCUT2D eigenvalue weighted by Gasteiger charge is 2.60. The summed E-state index contributed by atoms with van der Waals surface area (Å²) in [7, 11) is 0. The normalized spacial score (nSPS) is 29.0. The predicted octanol–water partition coefficient (Wildman–Crippen LogP) is 4.29. The predicted molar refractivity (Wildman–Crippen MR) is 122 cm³/mol. The molecule has 3 fully saturated rings. The Morgan fingerprint density at radius 2 is 1.85 bits per heavy atom. The average Bonchev–Trinajstić information content (AvgIpc) is 3.17. The van der Waals surface area contributed by atoms with Crippen LogP contribution in [0.3, 0.4) is 0 Å². The fourth-order valence-electron chi connectivity index (χ4n) is 5.82. The quantitative estimate of drug-likeness (QED) is 0.628. The van der Waals surface area contributed by atoms with Crippen LogP contribution >= 0.6 is 11.3 Å². The van der Waals surface area contributed by atoms with Gasteiger partial charge in [-0.3, -0.25) is 14.5 Å². The van der Waals surface area contributed by atoms with Crippen LogP contribution in [-0.2, 0) is 22.2 Å². The van der Waals surface area contributed by atoms with Gasteiger partial charge in [-0.1, -0.05) is 18.2 Å². The van der Waals surface area contributed by atoms with Crippen LogP contribution in [0.4, 0.5) is 13.2 Å². The van der Waals surface area contributed by atoms with E-state index in [1.165, 1.54) is 42.8 Å². The molecule has 1 aromatic carbocycles. The van der Waals surface area contributed by atoms with E-state index in [0.717, 1.165) is 25.2 Å². The number of amides is 1. The van der Waals surface area contributed by atoms with Crippen molar-refractivity contribution in [3.05, 3.63) is 52.0 Å². The van der Waals surface area contributed by atoms with Gasteiger partial charge in [0, 0.05) is 49.0 Å². The molecule has 5 rings (SSSR count). The second kappa shape index (κ2) is 9.41. The molecule has 2 aromatic rings. The molecule has 0 spiro atoms. The van der Waals surface area contributed by atoms with Crippen LogP contribution in [0.5, 0.6) is 0 Å². The Morgan fingerprint density at radius 1 is 1.12 bits per heavy atom. The highest BCUT2D eigenvalue weighted by Crippen LogP contribution is 2.53. The van der Waals surface area contributed by atoms with Crippen molar-refractivity contribution in [2.45, 2.75) is 50.2 Å².